The molecule has 2 amide bonds. The van der Waals surface area contributed by atoms with Gasteiger partial charge in [0.05, 0.1) is 5.41 Å². The molecule has 5 aromatic carbocycles. The van der Waals surface area contributed by atoms with Crippen molar-refractivity contribution in [2.24, 2.45) is 0 Å². The molecule has 0 aromatic heterocycles. The van der Waals surface area contributed by atoms with Crippen LogP contribution in [-0.2, 0) is 43.8 Å². The predicted octanol–water partition coefficient (Wildman–Crippen LogP) is 14.0. The third-order valence-corrected chi connectivity index (χ3v) is 20.8. The summed E-state index contributed by atoms with van der Waals surface area (Å²) >= 11 is 1.74. The summed E-state index contributed by atoms with van der Waals surface area (Å²) < 4.78 is 55.5. The Labute approximate surface area is 468 Å². The van der Waals surface area contributed by atoms with Crippen LogP contribution >= 0.6 is 11.8 Å². The van der Waals surface area contributed by atoms with Gasteiger partial charge in [0.1, 0.15) is 11.4 Å². The summed E-state index contributed by atoms with van der Waals surface area (Å²) in [5.41, 5.74) is 10.7. The number of nitrogens with zero attached hydrogens (tertiary/aromatic N) is 2. The predicted molar refractivity (Wildman–Crippen MR) is 321 cm³/mol. The summed E-state index contributed by atoms with van der Waals surface area (Å²) in [5, 5.41) is 9.91. The molecule has 414 valence electrons. The first-order valence-corrected chi connectivity index (χ1v) is 32.1. The van der Waals surface area contributed by atoms with Crippen LogP contribution in [0.1, 0.15) is 124 Å². The standard InChI is InChI=1S/C63H78N4O8S2Si/c1-11-66-52-37-35-48-43(6)21-16-24-50(48)59(52)62(7,8)55(66)39-29-44-22-17-23-45(30-40-56-63(9,10)60-51-25-18-26-54(77(70,71)72)49(51)36-38-53(60)67(56)12-2)61(44)76-47-33-31-46(32-34-47)65-58(69)28-19-27-57(68)64-41-20-42-78(73-13-3,74-14-4)75-15-5/h16,18,21,24-26,29-40H,11-15,17,19-20,22-23,27-28,41-42H2,1-10H3,(H2-,64,65,68,69,70,71,72)/p+1. The van der Waals surface area contributed by atoms with Gasteiger partial charge in [0.15, 0.2) is 5.71 Å². The summed E-state index contributed by atoms with van der Waals surface area (Å²) in [6.45, 7) is 25.0. The molecule has 0 radical (unpaired) electrons. The molecule has 5 aromatic rings. The van der Waals surface area contributed by atoms with Crippen LogP contribution in [0, 0.1) is 6.92 Å². The fourth-order valence-electron chi connectivity index (χ4n) is 12.0. The zero-order chi connectivity index (χ0) is 56.0. The van der Waals surface area contributed by atoms with Gasteiger partial charge in [-0.1, -0.05) is 74.2 Å². The van der Waals surface area contributed by atoms with E-state index in [1.165, 1.54) is 55.4 Å². The number of thioether (sulfide) groups is 1. The van der Waals surface area contributed by atoms with Crippen LogP contribution in [0.25, 0.3) is 21.5 Å². The molecule has 3 aliphatic rings. The lowest BCUT2D eigenvalue weighted by Crippen LogP contribution is -2.46. The van der Waals surface area contributed by atoms with Gasteiger partial charge in [-0.15, -0.1) is 0 Å². The first-order valence-electron chi connectivity index (χ1n) is 27.9. The molecule has 2 aliphatic heterocycles. The first-order chi connectivity index (χ1) is 37.3. The number of carbonyl (C=O) groups is 2. The number of anilines is 2. The van der Waals surface area contributed by atoms with Crippen molar-refractivity contribution in [1.29, 1.82) is 0 Å². The van der Waals surface area contributed by atoms with E-state index < -0.39 is 24.3 Å². The lowest BCUT2D eigenvalue weighted by molar-refractivity contribution is -0.433. The van der Waals surface area contributed by atoms with Crippen molar-refractivity contribution in [3.05, 3.63) is 148 Å². The number of allylic oxidation sites excluding steroid dienone is 7. The minimum absolute atomic E-state index is 0.0907. The Bertz CT molecular complexity index is 3340. The van der Waals surface area contributed by atoms with Crippen molar-refractivity contribution in [2.45, 2.75) is 141 Å². The highest BCUT2D eigenvalue weighted by Gasteiger charge is 2.46. The summed E-state index contributed by atoms with van der Waals surface area (Å²) in [5.74, 6) is -0.239. The minimum Gasteiger partial charge on any atom is -0.374 e. The van der Waals surface area contributed by atoms with Crippen molar-refractivity contribution >= 4 is 86.8 Å². The SMILES string of the molecule is CCO[Si](CCCNC(=O)CCCC(=O)Nc1ccc(SC2=C(/C=C/C3=[N+](CC)c4ccc5c(C)cccc5c4C3(C)C)CCC/C2=C\C=C2\N(CC)c3ccc4c(S(=O)(=O)O)cccc4c3C2(C)C)cc1)(OCC)OCC. The van der Waals surface area contributed by atoms with Crippen LogP contribution in [0.5, 0.6) is 0 Å². The number of fused-ring (bicyclic) bond motifs is 6. The van der Waals surface area contributed by atoms with E-state index in [-0.39, 0.29) is 35.0 Å². The molecule has 8 rings (SSSR count). The van der Waals surface area contributed by atoms with Gasteiger partial charge in [-0.25, -0.2) is 0 Å². The second-order valence-electron chi connectivity index (χ2n) is 21.3. The summed E-state index contributed by atoms with van der Waals surface area (Å²) in [6, 6.07) is 28.7. The normalized spacial score (nSPS) is 17.3. The topological polar surface area (TPSA) is 147 Å². The number of hydrogen-bond acceptors (Lipinski definition) is 9. The molecule has 15 heteroatoms. The number of aryl methyl sites for hydroxylation is 1. The first kappa shape index (κ1) is 58.5. The number of nitrogens with one attached hydrogen (secondary N) is 2. The van der Waals surface area contributed by atoms with E-state index in [0.29, 0.717) is 62.9 Å². The summed E-state index contributed by atoms with van der Waals surface area (Å²) in [7, 11) is -7.21. The van der Waals surface area contributed by atoms with Crippen molar-refractivity contribution in [3.63, 3.8) is 0 Å². The minimum atomic E-state index is -4.44. The van der Waals surface area contributed by atoms with Gasteiger partial charge in [-0.2, -0.15) is 13.0 Å². The highest BCUT2D eigenvalue weighted by molar-refractivity contribution is 8.03. The molecule has 0 bridgehead atoms. The third-order valence-electron chi connectivity index (χ3n) is 15.5. The summed E-state index contributed by atoms with van der Waals surface area (Å²) in [4.78, 5) is 30.3. The largest absolute Gasteiger partial charge is 0.500 e. The molecule has 0 fully saturated rings. The molecule has 1 aliphatic carbocycles. The van der Waals surface area contributed by atoms with Crippen LogP contribution in [0.4, 0.5) is 17.1 Å². The van der Waals surface area contributed by atoms with E-state index in [2.05, 4.69) is 135 Å². The highest BCUT2D eigenvalue weighted by atomic mass is 32.2. The number of carbonyl (C=O) groups excluding carboxylic acids is 2. The number of likely N-dealkylation sites (N-methyl/N-ethyl adjacent to an activating group) is 1. The maximum absolute atomic E-state index is 13.2. The fraction of sp³-hybridized carbons (Fsp3) is 0.413. The Morgan fingerprint density at radius 3 is 2.09 bits per heavy atom. The van der Waals surface area contributed by atoms with Gasteiger partial charge in [-0.3, -0.25) is 14.1 Å². The van der Waals surface area contributed by atoms with Crippen molar-refractivity contribution < 1.29 is 40.4 Å². The quantitative estimate of drug-likeness (QED) is 0.0250. The van der Waals surface area contributed by atoms with E-state index in [1.807, 2.05) is 51.1 Å². The second-order valence-corrected chi connectivity index (χ2v) is 26.5. The second kappa shape index (κ2) is 24.8. The molecule has 0 spiro atoms. The van der Waals surface area contributed by atoms with Crippen LogP contribution in [-0.4, -0.2) is 83.3 Å². The van der Waals surface area contributed by atoms with Crippen molar-refractivity contribution in [1.82, 2.24) is 5.32 Å². The van der Waals surface area contributed by atoms with Gasteiger partial charge >= 0.3 is 8.80 Å². The van der Waals surface area contributed by atoms with E-state index in [9.17, 15) is 22.6 Å². The monoisotopic (exact) mass is 1110 g/mol. The van der Waals surface area contributed by atoms with E-state index >= 15 is 0 Å². The molecule has 0 atom stereocenters. The number of hydrogen-bond donors (Lipinski definition) is 3. The molecular formula is C63H79N4O8S2Si+. The van der Waals surface area contributed by atoms with Crippen LogP contribution in [0.3, 0.4) is 0 Å². The lowest BCUT2D eigenvalue weighted by atomic mass is 9.78. The average molecular weight is 1110 g/mol. The Morgan fingerprint density at radius 1 is 0.756 bits per heavy atom. The zero-order valence-corrected chi connectivity index (χ0v) is 49.9. The van der Waals surface area contributed by atoms with Gasteiger partial charge in [0, 0.05) is 107 Å². The van der Waals surface area contributed by atoms with E-state index in [1.54, 1.807) is 17.8 Å². The Hall–Kier alpha value is -5.65. The van der Waals surface area contributed by atoms with Crippen LogP contribution < -0.4 is 15.5 Å². The summed E-state index contributed by atoms with van der Waals surface area (Å²) in [6.07, 6.45) is 13.6. The Morgan fingerprint density at radius 2 is 1.42 bits per heavy atom. The van der Waals surface area contributed by atoms with E-state index in [4.69, 9.17) is 13.3 Å². The number of rotatable bonds is 23. The average Bonchev–Trinajstić information content (AvgIpc) is 4.03. The number of amides is 2. The molecule has 0 saturated carbocycles. The Kier molecular flexibility index (Phi) is 18.6. The maximum atomic E-state index is 13.2. The molecule has 0 unspecified atom stereocenters. The lowest BCUT2D eigenvalue weighted by Gasteiger charge is -2.28. The smallest absolute Gasteiger partial charge is 0.374 e. The molecule has 3 N–H and O–H groups in total. The molecule has 0 saturated heterocycles. The van der Waals surface area contributed by atoms with Gasteiger partial charge in [-0.05, 0) is 174 Å². The van der Waals surface area contributed by atoms with Crippen molar-refractivity contribution in [3.8, 4) is 0 Å². The number of benzene rings is 5. The van der Waals surface area contributed by atoms with Gasteiger partial charge in [0.2, 0.25) is 17.5 Å². The fourth-order valence-corrected chi connectivity index (χ4v) is 16.4. The molecule has 78 heavy (non-hydrogen) atoms. The highest BCUT2D eigenvalue weighted by Crippen LogP contribution is 2.52. The van der Waals surface area contributed by atoms with Crippen LogP contribution in [0.15, 0.2) is 141 Å². The molecular weight excluding hydrogens is 1030 g/mol. The maximum Gasteiger partial charge on any atom is 0.500 e. The molecule has 12 nitrogen and oxygen atoms in total. The van der Waals surface area contributed by atoms with E-state index in [0.717, 1.165) is 53.0 Å². The Balaban J connectivity index is 1.05. The molecule has 2 heterocycles. The van der Waals surface area contributed by atoms with Crippen LogP contribution in [0.2, 0.25) is 6.04 Å². The van der Waals surface area contributed by atoms with Crippen molar-refractivity contribution in [2.75, 3.05) is 49.7 Å². The zero-order valence-electron chi connectivity index (χ0n) is 47.3. The van der Waals surface area contributed by atoms with Gasteiger partial charge < -0.3 is 28.8 Å². The third kappa shape index (κ3) is 12.2. The van der Waals surface area contributed by atoms with Gasteiger partial charge in [0.25, 0.3) is 10.1 Å².